The average Bonchev–Trinajstić information content (AvgIpc) is 3.03. The van der Waals surface area contributed by atoms with E-state index in [1.807, 2.05) is 6.07 Å². The van der Waals surface area contributed by atoms with Crippen molar-refractivity contribution in [3.05, 3.63) is 65.2 Å². The summed E-state index contributed by atoms with van der Waals surface area (Å²) in [6.07, 6.45) is 3.98. The van der Waals surface area contributed by atoms with E-state index in [-0.39, 0.29) is 12.4 Å². The van der Waals surface area contributed by atoms with E-state index in [0.29, 0.717) is 5.30 Å². The van der Waals surface area contributed by atoms with E-state index >= 15 is 0 Å². The average molecular weight is 365 g/mol. The lowest BCUT2D eigenvalue weighted by Crippen LogP contribution is -2.28. The van der Waals surface area contributed by atoms with Gasteiger partial charge in [-0.3, -0.25) is 4.57 Å². The van der Waals surface area contributed by atoms with Crippen LogP contribution in [0.1, 0.15) is 6.23 Å². The third-order valence-electron chi connectivity index (χ3n) is 3.43. The molecular formula is C15H16N3O4PS. The number of rotatable bonds is 5. The number of hydrogen-bond donors (Lipinski definition) is 2. The largest absolute Gasteiger partial charge is 0.383 e. The fraction of sp³-hybridized carbons (Fsp3) is 0.200. The SMILES string of the molecule is Nc1ccn([C@H]2C=C[C@@H](COP(O)(=S)c3ccccc3)O2)c(=O)n1. The predicted molar refractivity (Wildman–Crippen MR) is 94.5 cm³/mol. The van der Waals surface area contributed by atoms with Crippen LogP contribution in [-0.4, -0.2) is 27.2 Å². The maximum absolute atomic E-state index is 11.8. The lowest BCUT2D eigenvalue weighted by atomic mass is 10.4. The molecule has 126 valence electrons. The van der Waals surface area contributed by atoms with E-state index in [0.717, 1.165) is 0 Å². The molecule has 24 heavy (non-hydrogen) atoms. The number of benzene rings is 1. The van der Waals surface area contributed by atoms with Gasteiger partial charge >= 0.3 is 5.69 Å². The zero-order chi connectivity index (χ0) is 17.2. The van der Waals surface area contributed by atoms with Gasteiger partial charge in [-0.15, -0.1) is 0 Å². The minimum atomic E-state index is -3.08. The van der Waals surface area contributed by atoms with Gasteiger partial charge in [0.05, 0.1) is 6.61 Å². The quantitative estimate of drug-likeness (QED) is 0.600. The molecule has 9 heteroatoms. The number of nitrogen functional groups attached to an aromatic ring is 1. The number of ether oxygens (including phenoxy) is 1. The highest BCUT2D eigenvalue weighted by atomic mass is 32.5. The van der Waals surface area contributed by atoms with Gasteiger partial charge in [0.2, 0.25) is 6.49 Å². The highest BCUT2D eigenvalue weighted by molar-refractivity contribution is 8.13. The van der Waals surface area contributed by atoms with Crippen LogP contribution in [0, 0.1) is 0 Å². The first-order valence-electron chi connectivity index (χ1n) is 7.17. The molecule has 0 amide bonds. The maximum atomic E-state index is 11.8. The summed E-state index contributed by atoms with van der Waals surface area (Å²) < 4.78 is 12.5. The van der Waals surface area contributed by atoms with Crippen LogP contribution in [0.15, 0.2) is 59.5 Å². The van der Waals surface area contributed by atoms with Crippen molar-refractivity contribution in [1.29, 1.82) is 0 Å². The molecule has 0 saturated heterocycles. The highest BCUT2D eigenvalue weighted by Crippen LogP contribution is 2.41. The summed E-state index contributed by atoms with van der Waals surface area (Å²) >= 11 is 5.19. The van der Waals surface area contributed by atoms with Crippen molar-refractivity contribution in [3.8, 4) is 0 Å². The second-order valence-electron chi connectivity index (χ2n) is 5.14. The molecule has 0 saturated carbocycles. The molecule has 1 aromatic carbocycles. The molecule has 3 rings (SSSR count). The van der Waals surface area contributed by atoms with Crippen LogP contribution in [0.5, 0.6) is 0 Å². The van der Waals surface area contributed by atoms with Crippen LogP contribution >= 0.6 is 6.49 Å². The van der Waals surface area contributed by atoms with Crippen LogP contribution < -0.4 is 16.7 Å². The Balaban J connectivity index is 1.62. The summed E-state index contributed by atoms with van der Waals surface area (Å²) in [7, 11) is 0. The minimum absolute atomic E-state index is 0.0901. The number of nitrogens with two attached hydrogens (primary N) is 1. The monoisotopic (exact) mass is 365 g/mol. The molecule has 0 radical (unpaired) electrons. The Morgan fingerprint density at radius 2 is 2.08 bits per heavy atom. The molecule has 1 aromatic heterocycles. The lowest BCUT2D eigenvalue weighted by Gasteiger charge is -2.20. The molecule has 2 heterocycles. The molecule has 7 nitrogen and oxygen atoms in total. The molecule has 2 aromatic rings. The van der Waals surface area contributed by atoms with Crippen molar-refractivity contribution in [2.75, 3.05) is 12.3 Å². The first-order valence-corrected chi connectivity index (χ1v) is 9.84. The van der Waals surface area contributed by atoms with Gasteiger partial charge in [-0.25, -0.2) is 4.79 Å². The molecular weight excluding hydrogens is 349 g/mol. The van der Waals surface area contributed by atoms with Crippen molar-refractivity contribution >= 4 is 29.4 Å². The van der Waals surface area contributed by atoms with Crippen LogP contribution in [0.25, 0.3) is 0 Å². The van der Waals surface area contributed by atoms with Gasteiger partial charge in [-0.1, -0.05) is 24.3 Å². The Labute approximate surface area is 143 Å². The topological polar surface area (TPSA) is 99.6 Å². The number of hydrogen-bond acceptors (Lipinski definition) is 6. The molecule has 1 aliphatic rings. The van der Waals surface area contributed by atoms with Gasteiger partial charge in [-0.05, 0) is 36.1 Å². The molecule has 3 N–H and O–H groups in total. The Hall–Kier alpha value is -1.83. The molecule has 1 unspecified atom stereocenters. The summed E-state index contributed by atoms with van der Waals surface area (Å²) in [4.78, 5) is 25.8. The summed E-state index contributed by atoms with van der Waals surface area (Å²) in [5.41, 5.74) is 4.97. The molecule has 0 aliphatic carbocycles. The van der Waals surface area contributed by atoms with Gasteiger partial charge in [0, 0.05) is 11.5 Å². The Kier molecular flexibility index (Phi) is 4.93. The maximum Gasteiger partial charge on any atom is 0.351 e. The fourth-order valence-electron chi connectivity index (χ4n) is 2.23. The summed E-state index contributed by atoms with van der Waals surface area (Å²) in [6.45, 7) is -2.99. The van der Waals surface area contributed by atoms with Crippen molar-refractivity contribution in [1.82, 2.24) is 9.55 Å². The Morgan fingerprint density at radius 1 is 1.33 bits per heavy atom. The zero-order valence-corrected chi connectivity index (χ0v) is 14.3. The summed E-state index contributed by atoms with van der Waals surface area (Å²) in [6, 6.07) is 10.4. The van der Waals surface area contributed by atoms with Gasteiger partial charge in [-0.2, -0.15) is 4.98 Å². The van der Waals surface area contributed by atoms with Crippen LogP contribution in [0.4, 0.5) is 5.82 Å². The molecule has 0 spiro atoms. The normalized spacial score (nSPS) is 22.4. The van der Waals surface area contributed by atoms with Crippen LogP contribution in [0.3, 0.4) is 0 Å². The number of nitrogens with zero attached hydrogens (tertiary/aromatic N) is 2. The van der Waals surface area contributed by atoms with E-state index in [1.54, 1.807) is 36.4 Å². The lowest BCUT2D eigenvalue weighted by molar-refractivity contribution is -0.00478. The molecule has 3 atom stereocenters. The van der Waals surface area contributed by atoms with Crippen molar-refractivity contribution in [2.24, 2.45) is 0 Å². The Morgan fingerprint density at radius 3 is 2.79 bits per heavy atom. The third-order valence-corrected chi connectivity index (χ3v) is 5.83. The zero-order valence-electron chi connectivity index (χ0n) is 12.6. The number of anilines is 1. The van der Waals surface area contributed by atoms with E-state index in [2.05, 4.69) is 4.98 Å². The molecule has 1 aliphatic heterocycles. The first kappa shape index (κ1) is 17.0. The van der Waals surface area contributed by atoms with Gasteiger partial charge in [0.1, 0.15) is 11.9 Å². The van der Waals surface area contributed by atoms with Gasteiger partial charge in [0.25, 0.3) is 0 Å². The Bertz CT molecular complexity index is 855. The second kappa shape index (κ2) is 6.96. The number of aromatic nitrogens is 2. The van der Waals surface area contributed by atoms with Gasteiger partial charge in [0.15, 0.2) is 6.23 Å². The van der Waals surface area contributed by atoms with Crippen molar-refractivity contribution in [3.63, 3.8) is 0 Å². The summed E-state index contributed by atoms with van der Waals surface area (Å²) in [5, 5.41) is 0.581. The predicted octanol–water partition coefficient (Wildman–Crippen LogP) is 0.923. The molecule has 0 bridgehead atoms. The van der Waals surface area contributed by atoms with E-state index in [4.69, 9.17) is 26.8 Å². The smallest absolute Gasteiger partial charge is 0.351 e. The highest BCUT2D eigenvalue weighted by Gasteiger charge is 2.25. The standard InChI is InChI=1S/C15H16N3O4PS/c16-13-8-9-18(15(19)17-13)14-7-6-11(22-14)10-21-23(20,24)12-4-2-1-3-5-12/h1-9,11,14H,10H2,(H,20,24)(H2,16,17,19)/t11-,14+,23?/m0/s1. The van der Waals surface area contributed by atoms with Crippen LogP contribution in [0.2, 0.25) is 0 Å². The van der Waals surface area contributed by atoms with Gasteiger partial charge < -0.3 is 19.9 Å². The van der Waals surface area contributed by atoms with Crippen molar-refractivity contribution < 1.29 is 14.2 Å². The second-order valence-corrected chi connectivity index (χ2v) is 8.44. The molecule has 0 fully saturated rings. The summed E-state index contributed by atoms with van der Waals surface area (Å²) in [5.74, 6) is 0.155. The van der Waals surface area contributed by atoms with E-state index < -0.39 is 24.5 Å². The minimum Gasteiger partial charge on any atom is -0.383 e. The van der Waals surface area contributed by atoms with E-state index in [9.17, 15) is 9.69 Å². The fourth-order valence-corrected chi connectivity index (χ4v) is 3.82. The van der Waals surface area contributed by atoms with Crippen molar-refractivity contribution in [2.45, 2.75) is 12.3 Å². The van der Waals surface area contributed by atoms with E-state index in [1.165, 1.54) is 16.8 Å². The van der Waals surface area contributed by atoms with Crippen LogP contribution in [-0.2, 0) is 21.1 Å². The third kappa shape index (κ3) is 3.80. The first-order chi connectivity index (χ1) is 11.5.